The summed E-state index contributed by atoms with van der Waals surface area (Å²) in [4.78, 5) is 12.1. The zero-order valence-corrected chi connectivity index (χ0v) is 16.1. The van der Waals surface area contributed by atoms with Crippen LogP contribution in [0.4, 0.5) is 0 Å². The van der Waals surface area contributed by atoms with Crippen molar-refractivity contribution in [3.8, 4) is 22.8 Å². The molecule has 0 bridgehead atoms. The smallest absolute Gasteiger partial charge is 0.307 e. The van der Waals surface area contributed by atoms with Crippen LogP contribution in [0.5, 0.6) is 11.5 Å². The summed E-state index contributed by atoms with van der Waals surface area (Å²) in [6.07, 6.45) is -0.246. The number of aromatic nitrogens is 1. The van der Waals surface area contributed by atoms with Gasteiger partial charge >= 0.3 is 5.97 Å². The fraction of sp³-hybridized carbons (Fsp3) is 0.200. The van der Waals surface area contributed by atoms with Crippen LogP contribution in [0.3, 0.4) is 0 Å². The van der Waals surface area contributed by atoms with E-state index in [0.29, 0.717) is 23.0 Å². The van der Waals surface area contributed by atoms with Gasteiger partial charge in [0, 0.05) is 11.6 Å². The first-order valence-corrected chi connectivity index (χ1v) is 10.5. The van der Waals surface area contributed by atoms with Gasteiger partial charge < -0.3 is 18.7 Å². The number of sulfone groups is 1. The van der Waals surface area contributed by atoms with Crippen LogP contribution in [-0.2, 0) is 26.0 Å². The molecule has 2 heterocycles. The Morgan fingerprint density at radius 2 is 1.83 bits per heavy atom. The number of ether oxygens (including phenoxy) is 3. The molecule has 0 aliphatic carbocycles. The third kappa shape index (κ3) is 4.40. The molecule has 2 aromatic carbocycles. The van der Waals surface area contributed by atoms with Crippen molar-refractivity contribution in [1.82, 2.24) is 5.16 Å². The molecule has 0 fully saturated rings. The average Bonchev–Trinajstić information content (AvgIpc) is 3.40. The molecule has 0 saturated carbocycles. The Balaban J connectivity index is 1.31. The average molecular weight is 415 g/mol. The number of hydrogen-bond acceptors (Lipinski definition) is 8. The van der Waals surface area contributed by atoms with Crippen LogP contribution in [0.25, 0.3) is 11.3 Å². The molecule has 0 saturated heterocycles. The number of nitrogens with zero attached hydrogens (tertiary/aromatic N) is 1. The molecule has 0 N–H and O–H groups in total. The summed E-state index contributed by atoms with van der Waals surface area (Å²) in [5.74, 6) is 0.814. The van der Waals surface area contributed by atoms with Gasteiger partial charge in [0.15, 0.2) is 27.1 Å². The molecule has 8 nitrogen and oxygen atoms in total. The standard InChI is InChI=1S/C20H17NO7S/c22-20(8-9-29(23,24)16-4-2-1-3-5-16)25-12-15-11-18(28-21-15)14-6-7-17-19(10-14)27-13-26-17/h1-7,10-11H,8-9,12-13H2. The first-order chi connectivity index (χ1) is 14.0. The number of carbonyl (C=O) groups is 1. The molecule has 4 rings (SSSR count). The molecule has 1 aliphatic rings. The van der Waals surface area contributed by atoms with Crippen LogP contribution in [0.1, 0.15) is 12.1 Å². The van der Waals surface area contributed by atoms with Gasteiger partial charge in [0.1, 0.15) is 12.3 Å². The number of esters is 1. The quantitative estimate of drug-likeness (QED) is 0.543. The number of benzene rings is 2. The summed E-state index contributed by atoms with van der Waals surface area (Å²) in [6.45, 7) is 0.0641. The van der Waals surface area contributed by atoms with Crippen molar-refractivity contribution in [1.29, 1.82) is 0 Å². The van der Waals surface area contributed by atoms with Crippen LogP contribution in [0.2, 0.25) is 0 Å². The zero-order chi connectivity index (χ0) is 20.3. The molecular formula is C20H17NO7S. The third-order valence-corrected chi connectivity index (χ3v) is 6.01. The lowest BCUT2D eigenvalue weighted by molar-refractivity contribution is -0.144. The van der Waals surface area contributed by atoms with Gasteiger partial charge in [-0.25, -0.2) is 8.42 Å². The first-order valence-electron chi connectivity index (χ1n) is 8.80. The molecule has 1 aromatic heterocycles. The van der Waals surface area contributed by atoms with Crippen LogP contribution in [0.15, 0.2) is 64.0 Å². The molecule has 0 spiro atoms. The molecular weight excluding hydrogens is 398 g/mol. The monoisotopic (exact) mass is 415 g/mol. The number of fused-ring (bicyclic) bond motifs is 1. The maximum Gasteiger partial charge on any atom is 0.307 e. The minimum absolute atomic E-state index is 0.113. The SMILES string of the molecule is O=C(CCS(=O)(=O)c1ccccc1)OCc1cc(-c2ccc3c(c2)OCO3)on1. The van der Waals surface area contributed by atoms with Crippen molar-refractivity contribution in [2.24, 2.45) is 0 Å². The van der Waals surface area contributed by atoms with E-state index in [1.807, 2.05) is 0 Å². The minimum atomic E-state index is -3.53. The minimum Gasteiger partial charge on any atom is -0.459 e. The summed E-state index contributed by atoms with van der Waals surface area (Å²) in [5, 5.41) is 3.87. The van der Waals surface area contributed by atoms with Gasteiger partial charge in [-0.15, -0.1) is 0 Å². The Morgan fingerprint density at radius 1 is 1.03 bits per heavy atom. The van der Waals surface area contributed by atoms with Crippen molar-refractivity contribution in [2.75, 3.05) is 12.5 Å². The normalized spacial score (nSPS) is 12.7. The second kappa shape index (κ2) is 7.96. The summed E-state index contributed by atoms with van der Waals surface area (Å²) >= 11 is 0. The van der Waals surface area contributed by atoms with E-state index in [0.717, 1.165) is 5.56 Å². The van der Waals surface area contributed by atoms with Gasteiger partial charge in [0.05, 0.1) is 17.1 Å². The molecule has 29 heavy (non-hydrogen) atoms. The summed E-state index contributed by atoms with van der Waals surface area (Å²) < 4.78 is 45.4. The molecule has 3 aromatic rings. The van der Waals surface area contributed by atoms with E-state index >= 15 is 0 Å². The molecule has 1 aliphatic heterocycles. The molecule has 9 heteroatoms. The van der Waals surface area contributed by atoms with E-state index in [-0.39, 0.29) is 30.5 Å². The van der Waals surface area contributed by atoms with Gasteiger partial charge in [-0.1, -0.05) is 23.4 Å². The lowest BCUT2D eigenvalue weighted by Gasteiger charge is -2.04. The zero-order valence-electron chi connectivity index (χ0n) is 15.2. The number of carbonyl (C=O) groups excluding carboxylic acids is 1. The second-order valence-corrected chi connectivity index (χ2v) is 8.40. The molecule has 0 atom stereocenters. The van der Waals surface area contributed by atoms with Crippen LogP contribution in [0, 0.1) is 0 Å². The van der Waals surface area contributed by atoms with Gasteiger partial charge in [0.25, 0.3) is 0 Å². The van der Waals surface area contributed by atoms with Crippen molar-refractivity contribution in [2.45, 2.75) is 17.9 Å². The second-order valence-electron chi connectivity index (χ2n) is 6.29. The van der Waals surface area contributed by atoms with Crippen molar-refractivity contribution in [3.63, 3.8) is 0 Å². The fourth-order valence-corrected chi connectivity index (χ4v) is 4.00. The van der Waals surface area contributed by atoms with Crippen molar-refractivity contribution < 1.29 is 31.9 Å². The Labute approximate surface area is 166 Å². The van der Waals surface area contributed by atoms with Gasteiger partial charge in [-0.05, 0) is 30.3 Å². The van der Waals surface area contributed by atoms with E-state index in [9.17, 15) is 13.2 Å². The van der Waals surface area contributed by atoms with Crippen LogP contribution < -0.4 is 9.47 Å². The van der Waals surface area contributed by atoms with Gasteiger partial charge in [-0.2, -0.15) is 0 Å². The first kappa shape index (κ1) is 19.0. The van der Waals surface area contributed by atoms with Gasteiger partial charge in [-0.3, -0.25) is 4.79 Å². The number of rotatable bonds is 7. The van der Waals surface area contributed by atoms with Gasteiger partial charge in [0.2, 0.25) is 6.79 Å². The van der Waals surface area contributed by atoms with E-state index in [2.05, 4.69) is 5.16 Å². The molecule has 150 valence electrons. The molecule has 0 radical (unpaired) electrons. The third-order valence-electron chi connectivity index (χ3n) is 4.27. The Bertz CT molecular complexity index is 1120. The van der Waals surface area contributed by atoms with E-state index in [1.54, 1.807) is 42.5 Å². The predicted octanol–water partition coefficient (Wildman–Crippen LogP) is 2.98. The highest BCUT2D eigenvalue weighted by molar-refractivity contribution is 7.91. The highest BCUT2D eigenvalue weighted by Crippen LogP contribution is 2.36. The highest BCUT2D eigenvalue weighted by Gasteiger charge is 2.18. The van der Waals surface area contributed by atoms with Crippen LogP contribution >= 0.6 is 0 Å². The lowest BCUT2D eigenvalue weighted by Crippen LogP contribution is -2.13. The molecule has 0 amide bonds. The largest absolute Gasteiger partial charge is 0.459 e. The van der Waals surface area contributed by atoms with Crippen LogP contribution in [-0.4, -0.2) is 32.1 Å². The molecule has 0 unspecified atom stereocenters. The topological polar surface area (TPSA) is 105 Å². The summed E-state index contributed by atoms with van der Waals surface area (Å²) in [6, 6.07) is 15.0. The Kier molecular flexibility index (Phi) is 5.22. The van der Waals surface area contributed by atoms with Crippen molar-refractivity contribution >= 4 is 15.8 Å². The number of hydrogen-bond donors (Lipinski definition) is 0. The maximum atomic E-state index is 12.2. The summed E-state index contributed by atoms with van der Waals surface area (Å²) in [5.41, 5.74) is 1.16. The fourth-order valence-electron chi connectivity index (χ4n) is 2.76. The summed E-state index contributed by atoms with van der Waals surface area (Å²) in [7, 11) is -3.53. The highest BCUT2D eigenvalue weighted by atomic mass is 32.2. The lowest BCUT2D eigenvalue weighted by atomic mass is 10.1. The predicted molar refractivity (Wildman–Crippen MR) is 101 cm³/mol. The van der Waals surface area contributed by atoms with E-state index < -0.39 is 15.8 Å². The van der Waals surface area contributed by atoms with Crippen molar-refractivity contribution in [3.05, 3.63) is 60.3 Å². The Hall–Kier alpha value is -3.33. The maximum absolute atomic E-state index is 12.2. The van der Waals surface area contributed by atoms with E-state index in [1.165, 1.54) is 12.1 Å². The Morgan fingerprint density at radius 3 is 2.66 bits per heavy atom. The van der Waals surface area contributed by atoms with E-state index in [4.69, 9.17) is 18.7 Å².